The quantitative estimate of drug-likeness (QED) is 0.805. The van der Waals surface area contributed by atoms with Crippen molar-refractivity contribution < 1.29 is 9.47 Å². The van der Waals surface area contributed by atoms with Crippen LogP contribution < -0.4 is 14.8 Å². The molecule has 1 N–H and O–H groups in total. The van der Waals surface area contributed by atoms with Crippen LogP contribution in [0.15, 0.2) is 24.3 Å². The summed E-state index contributed by atoms with van der Waals surface area (Å²) < 4.78 is 11.1. The largest absolute Gasteiger partial charge is 0.493 e. The molecule has 2 saturated heterocycles. The van der Waals surface area contributed by atoms with Gasteiger partial charge in [-0.25, -0.2) is 0 Å². The first-order valence-corrected chi connectivity index (χ1v) is 7.62. The van der Waals surface area contributed by atoms with Crippen LogP contribution in [0, 0.1) is 0 Å². The fourth-order valence-corrected chi connectivity index (χ4v) is 3.46. The fraction of sp³-hybridized carbons (Fsp3) is 0.625. The molecule has 2 aliphatic heterocycles. The molecule has 2 atom stereocenters. The van der Waals surface area contributed by atoms with E-state index >= 15 is 0 Å². The first-order valence-electron chi connectivity index (χ1n) is 7.62. The number of rotatable bonds is 6. The molecule has 1 aromatic carbocycles. The van der Waals surface area contributed by atoms with Crippen LogP contribution in [0.3, 0.4) is 0 Å². The van der Waals surface area contributed by atoms with Crippen molar-refractivity contribution in [1.82, 2.24) is 10.2 Å². The van der Waals surface area contributed by atoms with Crippen molar-refractivity contribution >= 4 is 0 Å². The van der Waals surface area contributed by atoms with Gasteiger partial charge in [0.1, 0.15) is 6.61 Å². The number of hydrogen-bond acceptors (Lipinski definition) is 4. The molecule has 2 unspecified atom stereocenters. The molecule has 4 nitrogen and oxygen atoms in total. The van der Waals surface area contributed by atoms with Crippen LogP contribution in [-0.2, 0) is 0 Å². The summed E-state index contributed by atoms with van der Waals surface area (Å²) in [6.07, 6.45) is 3.99. The molecule has 0 radical (unpaired) electrons. The van der Waals surface area contributed by atoms with E-state index < -0.39 is 0 Å². The van der Waals surface area contributed by atoms with Gasteiger partial charge in [-0.15, -0.1) is 0 Å². The molecular weight excluding hydrogens is 252 g/mol. The average molecular weight is 276 g/mol. The molecule has 0 aliphatic carbocycles. The Morgan fingerprint density at radius 1 is 1.20 bits per heavy atom. The molecule has 20 heavy (non-hydrogen) atoms. The monoisotopic (exact) mass is 276 g/mol. The zero-order chi connectivity index (χ0) is 13.8. The number of para-hydroxylation sites is 2. The fourth-order valence-electron chi connectivity index (χ4n) is 3.46. The van der Waals surface area contributed by atoms with Gasteiger partial charge in [-0.1, -0.05) is 12.1 Å². The first kappa shape index (κ1) is 13.7. The lowest BCUT2D eigenvalue weighted by Crippen LogP contribution is -2.40. The van der Waals surface area contributed by atoms with Gasteiger partial charge in [-0.05, 0) is 37.9 Å². The summed E-state index contributed by atoms with van der Waals surface area (Å²) in [5.41, 5.74) is 0. The highest BCUT2D eigenvalue weighted by Crippen LogP contribution is 2.28. The molecular formula is C16H24N2O2. The van der Waals surface area contributed by atoms with Crippen molar-refractivity contribution in [3.63, 3.8) is 0 Å². The van der Waals surface area contributed by atoms with E-state index in [0.29, 0.717) is 12.6 Å². The van der Waals surface area contributed by atoms with E-state index in [4.69, 9.17) is 9.47 Å². The Labute approximate surface area is 121 Å². The van der Waals surface area contributed by atoms with Gasteiger partial charge in [0.2, 0.25) is 0 Å². The molecule has 0 aromatic heterocycles. The number of hydrogen-bond donors (Lipinski definition) is 1. The van der Waals surface area contributed by atoms with Crippen molar-refractivity contribution in [3.05, 3.63) is 24.3 Å². The molecule has 0 saturated carbocycles. The minimum atomic E-state index is 0.652. The maximum absolute atomic E-state index is 5.80. The smallest absolute Gasteiger partial charge is 0.161 e. The number of ether oxygens (including phenoxy) is 2. The van der Waals surface area contributed by atoms with E-state index in [9.17, 15) is 0 Å². The molecule has 2 aliphatic rings. The zero-order valence-corrected chi connectivity index (χ0v) is 12.2. The van der Waals surface area contributed by atoms with Gasteiger partial charge in [0.15, 0.2) is 11.5 Å². The summed E-state index contributed by atoms with van der Waals surface area (Å²) in [5, 5.41) is 3.65. The van der Waals surface area contributed by atoms with Gasteiger partial charge in [0.05, 0.1) is 7.11 Å². The number of nitrogens with one attached hydrogen (secondary N) is 1. The maximum Gasteiger partial charge on any atom is 0.161 e. The minimum absolute atomic E-state index is 0.652. The van der Waals surface area contributed by atoms with Gasteiger partial charge in [0, 0.05) is 25.2 Å². The van der Waals surface area contributed by atoms with E-state index in [2.05, 4.69) is 10.2 Å². The third-order valence-corrected chi connectivity index (χ3v) is 4.44. The Kier molecular flexibility index (Phi) is 4.43. The predicted molar refractivity (Wildman–Crippen MR) is 79.5 cm³/mol. The van der Waals surface area contributed by atoms with Crippen LogP contribution in [0.5, 0.6) is 11.5 Å². The number of benzene rings is 1. The third-order valence-electron chi connectivity index (χ3n) is 4.44. The zero-order valence-electron chi connectivity index (χ0n) is 12.2. The van der Waals surface area contributed by atoms with E-state index in [1.54, 1.807) is 7.11 Å². The van der Waals surface area contributed by atoms with Crippen molar-refractivity contribution in [1.29, 1.82) is 0 Å². The third kappa shape index (κ3) is 2.91. The molecule has 2 heterocycles. The second-order valence-electron chi connectivity index (χ2n) is 5.59. The van der Waals surface area contributed by atoms with Crippen LogP contribution in [0.1, 0.15) is 19.3 Å². The highest BCUT2D eigenvalue weighted by Gasteiger charge is 2.36. The summed E-state index contributed by atoms with van der Waals surface area (Å²) in [4.78, 5) is 2.62. The first-order chi connectivity index (χ1) is 9.88. The van der Waals surface area contributed by atoms with Crippen molar-refractivity contribution in [2.24, 2.45) is 0 Å². The molecule has 3 rings (SSSR count). The van der Waals surface area contributed by atoms with Gasteiger partial charge in [-0.3, -0.25) is 4.90 Å². The lowest BCUT2D eigenvalue weighted by molar-refractivity contribution is 0.268. The summed E-state index contributed by atoms with van der Waals surface area (Å²) >= 11 is 0. The van der Waals surface area contributed by atoms with Gasteiger partial charge in [0.25, 0.3) is 0 Å². The molecule has 1 aromatic rings. The van der Waals surface area contributed by atoms with Gasteiger partial charge in [-0.2, -0.15) is 0 Å². The second-order valence-corrected chi connectivity index (χ2v) is 5.59. The Morgan fingerprint density at radius 3 is 2.90 bits per heavy atom. The lowest BCUT2D eigenvalue weighted by atomic mass is 10.1. The van der Waals surface area contributed by atoms with Gasteiger partial charge < -0.3 is 14.8 Å². The van der Waals surface area contributed by atoms with Crippen LogP contribution >= 0.6 is 0 Å². The predicted octanol–water partition coefficient (Wildman–Crippen LogP) is 1.90. The number of methoxy groups -OCH3 is 1. The summed E-state index contributed by atoms with van der Waals surface area (Å²) in [5.74, 6) is 1.63. The van der Waals surface area contributed by atoms with Crippen LogP contribution in [-0.4, -0.2) is 50.3 Å². The maximum atomic E-state index is 5.80. The Bertz CT molecular complexity index is 438. The average Bonchev–Trinajstić information content (AvgIpc) is 3.08. The second kappa shape index (κ2) is 6.46. The standard InChI is InChI=1S/C16H24N2O2/c1-19-15-6-2-3-7-16(15)20-12-9-17-13-8-11-18-10-4-5-14(13)18/h2-3,6-7,13-14,17H,4-5,8-12H2,1H3. The summed E-state index contributed by atoms with van der Waals surface area (Å²) in [7, 11) is 1.67. The number of nitrogens with zero attached hydrogens (tertiary/aromatic N) is 1. The normalized spacial score (nSPS) is 25.6. The molecule has 4 heteroatoms. The lowest BCUT2D eigenvalue weighted by Gasteiger charge is -2.21. The molecule has 110 valence electrons. The molecule has 0 bridgehead atoms. The molecule has 2 fully saturated rings. The molecule has 0 spiro atoms. The Balaban J connectivity index is 1.42. The SMILES string of the molecule is COc1ccccc1OCCNC1CCN2CCCC12. The molecule has 0 amide bonds. The number of fused-ring (bicyclic) bond motifs is 1. The van der Waals surface area contributed by atoms with E-state index in [0.717, 1.165) is 24.1 Å². The van der Waals surface area contributed by atoms with Crippen molar-refractivity contribution in [3.8, 4) is 11.5 Å². The van der Waals surface area contributed by atoms with E-state index in [1.165, 1.54) is 32.4 Å². The highest BCUT2D eigenvalue weighted by atomic mass is 16.5. The Hall–Kier alpha value is -1.26. The van der Waals surface area contributed by atoms with Crippen molar-refractivity contribution in [2.75, 3.05) is 33.4 Å². The topological polar surface area (TPSA) is 33.7 Å². The van der Waals surface area contributed by atoms with Crippen LogP contribution in [0.4, 0.5) is 0 Å². The summed E-state index contributed by atoms with van der Waals surface area (Å²) in [6, 6.07) is 9.22. The Morgan fingerprint density at radius 2 is 2.05 bits per heavy atom. The van der Waals surface area contributed by atoms with E-state index in [-0.39, 0.29) is 0 Å². The van der Waals surface area contributed by atoms with Crippen LogP contribution in [0.2, 0.25) is 0 Å². The summed E-state index contributed by atoms with van der Waals surface area (Å²) in [6.45, 7) is 4.13. The van der Waals surface area contributed by atoms with E-state index in [1.807, 2.05) is 24.3 Å². The van der Waals surface area contributed by atoms with Crippen LogP contribution in [0.25, 0.3) is 0 Å². The van der Waals surface area contributed by atoms with Crippen molar-refractivity contribution in [2.45, 2.75) is 31.3 Å². The minimum Gasteiger partial charge on any atom is -0.493 e. The van der Waals surface area contributed by atoms with Gasteiger partial charge >= 0.3 is 0 Å². The highest BCUT2D eigenvalue weighted by molar-refractivity contribution is 5.39.